The highest BCUT2D eigenvalue weighted by Crippen LogP contribution is 2.28. The van der Waals surface area contributed by atoms with Crippen molar-refractivity contribution < 1.29 is 14.3 Å². The number of H-pyrrole nitrogens is 1. The molecule has 0 aromatic carbocycles. The zero-order valence-electron chi connectivity index (χ0n) is 14.6. The largest absolute Gasteiger partial charge is 0.383 e. The number of amides is 2. The molecule has 3 heterocycles. The molecule has 25 heavy (non-hydrogen) atoms. The Hall–Kier alpha value is -2.16. The lowest BCUT2D eigenvalue weighted by atomic mass is 9.92. The lowest BCUT2D eigenvalue weighted by Crippen LogP contribution is -2.49. The minimum atomic E-state index is -0.105. The average Bonchev–Trinajstić information content (AvgIpc) is 3.07. The molecule has 0 radical (unpaired) electrons. The smallest absolute Gasteiger partial charge is 0.239 e. The van der Waals surface area contributed by atoms with Crippen LogP contribution < -0.4 is 5.73 Å². The Labute approximate surface area is 146 Å². The molecule has 1 atom stereocenters. The number of methoxy groups -OCH3 is 1. The number of ether oxygens (including phenoxy) is 1. The molecule has 2 aliphatic rings. The van der Waals surface area contributed by atoms with Crippen molar-refractivity contribution in [2.45, 2.75) is 31.6 Å². The van der Waals surface area contributed by atoms with Crippen LogP contribution in [-0.2, 0) is 14.3 Å². The highest BCUT2D eigenvalue weighted by atomic mass is 16.5. The highest BCUT2D eigenvalue weighted by molar-refractivity contribution is 5.84. The summed E-state index contributed by atoms with van der Waals surface area (Å²) < 4.78 is 5.05. The lowest BCUT2D eigenvalue weighted by molar-refractivity contribution is -0.144. The number of hydrogen-bond acceptors (Lipinski definition) is 6. The number of anilines is 1. The van der Waals surface area contributed by atoms with Crippen LogP contribution in [0.25, 0.3) is 0 Å². The van der Waals surface area contributed by atoms with Crippen LogP contribution in [0, 0.1) is 5.92 Å². The maximum absolute atomic E-state index is 12.8. The highest BCUT2D eigenvalue weighted by Gasteiger charge is 2.34. The molecule has 3 rings (SSSR count). The summed E-state index contributed by atoms with van der Waals surface area (Å²) >= 11 is 0. The summed E-state index contributed by atoms with van der Waals surface area (Å²) in [7, 11) is 1.61. The van der Waals surface area contributed by atoms with E-state index < -0.39 is 0 Å². The SMILES string of the molecule is COCCN1C[C@@H](C(=O)N2CCC(c3nc(N)n[nH]3)CC2)CCC1=O. The van der Waals surface area contributed by atoms with Crippen molar-refractivity contribution in [1.29, 1.82) is 0 Å². The first-order chi connectivity index (χ1) is 12.1. The Bertz CT molecular complexity index is 611. The van der Waals surface area contributed by atoms with Crippen molar-refractivity contribution >= 4 is 17.8 Å². The maximum Gasteiger partial charge on any atom is 0.239 e. The zero-order chi connectivity index (χ0) is 17.8. The topological polar surface area (TPSA) is 117 Å². The van der Waals surface area contributed by atoms with Gasteiger partial charge in [0, 0.05) is 45.6 Å². The summed E-state index contributed by atoms with van der Waals surface area (Å²) in [5.74, 6) is 1.50. The van der Waals surface area contributed by atoms with E-state index >= 15 is 0 Å². The van der Waals surface area contributed by atoms with Gasteiger partial charge >= 0.3 is 0 Å². The first-order valence-corrected chi connectivity index (χ1v) is 8.81. The number of nitrogen functional groups attached to an aromatic ring is 1. The van der Waals surface area contributed by atoms with Gasteiger partial charge in [0.1, 0.15) is 5.82 Å². The fourth-order valence-corrected chi connectivity index (χ4v) is 3.64. The van der Waals surface area contributed by atoms with Crippen LogP contribution in [0.15, 0.2) is 0 Å². The minimum absolute atomic E-state index is 0.105. The van der Waals surface area contributed by atoms with E-state index in [-0.39, 0.29) is 29.6 Å². The number of nitrogens with one attached hydrogen (secondary N) is 1. The second-order valence-electron chi connectivity index (χ2n) is 6.75. The van der Waals surface area contributed by atoms with Crippen LogP contribution in [0.1, 0.15) is 37.4 Å². The van der Waals surface area contributed by atoms with Crippen molar-refractivity contribution in [3.63, 3.8) is 0 Å². The molecule has 0 aliphatic carbocycles. The third-order valence-corrected chi connectivity index (χ3v) is 5.13. The Kier molecular flexibility index (Phi) is 5.52. The summed E-state index contributed by atoms with van der Waals surface area (Å²) in [6, 6.07) is 0. The van der Waals surface area contributed by atoms with Gasteiger partial charge in [-0.3, -0.25) is 14.7 Å². The Balaban J connectivity index is 1.52. The molecule has 0 saturated carbocycles. The van der Waals surface area contributed by atoms with E-state index in [4.69, 9.17) is 10.5 Å². The number of carbonyl (C=O) groups is 2. The number of nitrogens with two attached hydrogens (primary N) is 1. The predicted molar refractivity (Wildman–Crippen MR) is 90.5 cm³/mol. The van der Waals surface area contributed by atoms with E-state index in [2.05, 4.69) is 15.2 Å². The molecule has 9 nitrogen and oxygen atoms in total. The quantitative estimate of drug-likeness (QED) is 0.770. The molecule has 1 aromatic heterocycles. The van der Waals surface area contributed by atoms with Crippen LogP contribution >= 0.6 is 0 Å². The molecule has 1 aromatic rings. The van der Waals surface area contributed by atoms with Crippen molar-refractivity contribution in [1.82, 2.24) is 25.0 Å². The number of carbonyl (C=O) groups excluding carboxylic acids is 2. The molecular weight excluding hydrogens is 324 g/mol. The van der Waals surface area contributed by atoms with Crippen molar-refractivity contribution in [3.05, 3.63) is 5.82 Å². The van der Waals surface area contributed by atoms with Crippen molar-refractivity contribution in [2.75, 3.05) is 45.6 Å². The van der Waals surface area contributed by atoms with Gasteiger partial charge in [-0.2, -0.15) is 4.98 Å². The van der Waals surface area contributed by atoms with Gasteiger partial charge in [-0.25, -0.2) is 0 Å². The van der Waals surface area contributed by atoms with Gasteiger partial charge in [0.25, 0.3) is 0 Å². The molecule has 2 fully saturated rings. The average molecular weight is 350 g/mol. The van der Waals surface area contributed by atoms with E-state index in [1.807, 2.05) is 4.90 Å². The van der Waals surface area contributed by atoms with Gasteiger partial charge in [0.2, 0.25) is 17.8 Å². The van der Waals surface area contributed by atoms with E-state index in [9.17, 15) is 9.59 Å². The Morgan fingerprint density at radius 2 is 2.12 bits per heavy atom. The molecule has 3 N–H and O–H groups in total. The standard InChI is InChI=1S/C16H26N6O3/c1-25-9-8-22-10-12(2-3-13(22)23)15(24)21-6-4-11(5-7-21)14-18-16(17)20-19-14/h11-12H,2-10H2,1H3,(H3,17,18,19,20)/t12-/m0/s1. The maximum atomic E-state index is 12.8. The lowest BCUT2D eigenvalue weighted by Gasteiger charge is -2.37. The van der Waals surface area contributed by atoms with E-state index in [1.165, 1.54) is 0 Å². The van der Waals surface area contributed by atoms with Crippen LogP contribution in [0.5, 0.6) is 0 Å². The van der Waals surface area contributed by atoms with Crippen molar-refractivity contribution in [2.24, 2.45) is 5.92 Å². The molecule has 138 valence electrons. The van der Waals surface area contributed by atoms with Crippen molar-refractivity contribution in [3.8, 4) is 0 Å². The second-order valence-corrected chi connectivity index (χ2v) is 6.75. The molecule has 0 spiro atoms. The summed E-state index contributed by atoms with van der Waals surface area (Å²) in [5, 5.41) is 6.74. The fraction of sp³-hybridized carbons (Fsp3) is 0.750. The fourth-order valence-electron chi connectivity index (χ4n) is 3.64. The van der Waals surface area contributed by atoms with Gasteiger partial charge < -0.3 is 20.3 Å². The molecular formula is C16H26N6O3. The van der Waals surface area contributed by atoms with E-state index in [0.29, 0.717) is 45.6 Å². The Morgan fingerprint density at radius 3 is 2.76 bits per heavy atom. The molecule has 2 aliphatic heterocycles. The van der Waals surface area contributed by atoms with E-state index in [1.54, 1.807) is 12.0 Å². The van der Waals surface area contributed by atoms with Crippen LogP contribution in [0.3, 0.4) is 0 Å². The molecule has 9 heteroatoms. The second kappa shape index (κ2) is 7.81. The van der Waals surface area contributed by atoms with Gasteiger partial charge in [-0.05, 0) is 19.3 Å². The molecule has 2 saturated heterocycles. The summed E-state index contributed by atoms with van der Waals surface area (Å²) in [5.41, 5.74) is 5.56. The molecule has 0 unspecified atom stereocenters. The predicted octanol–water partition coefficient (Wildman–Crippen LogP) is -0.0221. The minimum Gasteiger partial charge on any atom is -0.383 e. The number of rotatable bonds is 5. The zero-order valence-corrected chi connectivity index (χ0v) is 14.6. The third-order valence-electron chi connectivity index (χ3n) is 5.13. The van der Waals surface area contributed by atoms with Crippen LogP contribution in [-0.4, -0.2) is 76.7 Å². The number of piperidine rings is 2. The van der Waals surface area contributed by atoms with Gasteiger partial charge in [0.15, 0.2) is 0 Å². The number of aromatic nitrogens is 3. The molecule has 2 amide bonds. The van der Waals surface area contributed by atoms with Gasteiger partial charge in [0.05, 0.1) is 12.5 Å². The number of nitrogens with zero attached hydrogens (tertiary/aromatic N) is 4. The number of hydrogen-bond donors (Lipinski definition) is 2. The molecule has 0 bridgehead atoms. The van der Waals surface area contributed by atoms with Crippen LogP contribution in [0.4, 0.5) is 5.95 Å². The van der Waals surface area contributed by atoms with E-state index in [0.717, 1.165) is 18.7 Å². The monoisotopic (exact) mass is 350 g/mol. The number of likely N-dealkylation sites (tertiary alicyclic amines) is 2. The first-order valence-electron chi connectivity index (χ1n) is 8.81. The first kappa shape index (κ1) is 17.7. The summed E-state index contributed by atoms with van der Waals surface area (Å²) in [4.78, 5) is 32.7. The Morgan fingerprint density at radius 1 is 1.36 bits per heavy atom. The third kappa shape index (κ3) is 4.09. The van der Waals surface area contributed by atoms with Crippen LogP contribution in [0.2, 0.25) is 0 Å². The summed E-state index contributed by atoms with van der Waals surface area (Å²) in [6.07, 6.45) is 2.77. The normalized spacial score (nSPS) is 22.4. The van der Waals surface area contributed by atoms with Gasteiger partial charge in [-0.15, -0.1) is 5.10 Å². The van der Waals surface area contributed by atoms with Gasteiger partial charge in [-0.1, -0.05) is 0 Å². The number of aromatic amines is 1. The summed E-state index contributed by atoms with van der Waals surface area (Å²) in [6.45, 7) is 2.95.